The minimum absolute atomic E-state index is 0.819. The predicted molar refractivity (Wildman–Crippen MR) is 117 cm³/mol. The van der Waals surface area contributed by atoms with E-state index >= 15 is 0 Å². The van der Waals surface area contributed by atoms with Crippen LogP contribution in [-0.4, -0.2) is 11.6 Å². The van der Waals surface area contributed by atoms with Gasteiger partial charge in [0.05, 0.1) is 12.3 Å². The number of pyridine rings is 1. The SMILES string of the molecule is CCCCCCCCCCCCOc1ccc(/C=C/c2ccccn2)cc1. The van der Waals surface area contributed by atoms with E-state index in [9.17, 15) is 0 Å². The molecule has 0 atom stereocenters. The van der Waals surface area contributed by atoms with Crippen LogP contribution in [-0.2, 0) is 0 Å². The van der Waals surface area contributed by atoms with Crippen molar-refractivity contribution in [3.05, 3.63) is 59.9 Å². The molecule has 0 spiro atoms. The Morgan fingerprint density at radius 3 is 2.04 bits per heavy atom. The molecule has 1 aromatic heterocycles. The Kier molecular flexibility index (Phi) is 11.0. The number of hydrogen-bond acceptors (Lipinski definition) is 2. The summed E-state index contributed by atoms with van der Waals surface area (Å²) in [5.74, 6) is 0.959. The van der Waals surface area contributed by atoms with Crippen LogP contribution in [0.3, 0.4) is 0 Å². The van der Waals surface area contributed by atoms with Crippen molar-refractivity contribution in [2.75, 3.05) is 6.61 Å². The van der Waals surface area contributed by atoms with Crippen LogP contribution in [0.2, 0.25) is 0 Å². The second-order valence-corrected chi connectivity index (χ2v) is 7.19. The zero-order valence-corrected chi connectivity index (χ0v) is 16.9. The van der Waals surface area contributed by atoms with Crippen molar-refractivity contribution in [1.29, 1.82) is 0 Å². The number of unbranched alkanes of at least 4 members (excludes halogenated alkanes) is 9. The smallest absolute Gasteiger partial charge is 0.119 e. The Balaban J connectivity index is 1.52. The van der Waals surface area contributed by atoms with Gasteiger partial charge in [-0.2, -0.15) is 0 Å². The predicted octanol–water partition coefficient (Wildman–Crippen LogP) is 7.55. The van der Waals surface area contributed by atoms with Gasteiger partial charge in [0, 0.05) is 6.20 Å². The third kappa shape index (κ3) is 9.98. The second-order valence-electron chi connectivity index (χ2n) is 7.19. The highest BCUT2D eigenvalue weighted by atomic mass is 16.5. The van der Waals surface area contributed by atoms with Gasteiger partial charge in [-0.25, -0.2) is 0 Å². The summed E-state index contributed by atoms with van der Waals surface area (Å²) in [7, 11) is 0. The Hall–Kier alpha value is -2.09. The minimum Gasteiger partial charge on any atom is -0.494 e. The van der Waals surface area contributed by atoms with E-state index in [-0.39, 0.29) is 0 Å². The van der Waals surface area contributed by atoms with Crippen molar-refractivity contribution < 1.29 is 4.74 Å². The van der Waals surface area contributed by atoms with Gasteiger partial charge >= 0.3 is 0 Å². The molecule has 0 aliphatic carbocycles. The summed E-state index contributed by atoms with van der Waals surface area (Å²) in [6, 6.07) is 14.2. The topological polar surface area (TPSA) is 22.1 Å². The van der Waals surface area contributed by atoms with Gasteiger partial charge in [0.25, 0.3) is 0 Å². The molecule has 0 amide bonds. The molecule has 2 aromatic rings. The fourth-order valence-corrected chi connectivity index (χ4v) is 3.11. The lowest BCUT2D eigenvalue weighted by molar-refractivity contribution is 0.304. The van der Waals surface area contributed by atoms with E-state index in [2.05, 4.69) is 30.1 Å². The van der Waals surface area contributed by atoms with Gasteiger partial charge in [-0.05, 0) is 42.3 Å². The first-order chi connectivity index (χ1) is 13.4. The summed E-state index contributed by atoms with van der Waals surface area (Å²) in [4.78, 5) is 4.29. The van der Waals surface area contributed by atoms with E-state index in [1.54, 1.807) is 0 Å². The molecule has 0 aliphatic rings. The monoisotopic (exact) mass is 365 g/mol. The minimum atomic E-state index is 0.819. The van der Waals surface area contributed by atoms with Crippen molar-refractivity contribution in [2.24, 2.45) is 0 Å². The van der Waals surface area contributed by atoms with Crippen LogP contribution in [0.25, 0.3) is 12.2 Å². The normalized spacial score (nSPS) is 11.1. The summed E-state index contributed by atoms with van der Waals surface area (Å²) in [6.07, 6.45) is 19.5. The van der Waals surface area contributed by atoms with Gasteiger partial charge in [0.15, 0.2) is 0 Å². The molecular weight excluding hydrogens is 330 g/mol. The van der Waals surface area contributed by atoms with Crippen molar-refractivity contribution in [1.82, 2.24) is 4.98 Å². The third-order valence-electron chi connectivity index (χ3n) is 4.78. The van der Waals surface area contributed by atoms with Gasteiger partial charge in [0.1, 0.15) is 5.75 Å². The van der Waals surface area contributed by atoms with E-state index in [1.807, 2.05) is 42.6 Å². The summed E-state index contributed by atoms with van der Waals surface area (Å²) < 4.78 is 5.86. The Morgan fingerprint density at radius 1 is 0.741 bits per heavy atom. The lowest BCUT2D eigenvalue weighted by atomic mass is 10.1. The molecular formula is C25H35NO. The highest BCUT2D eigenvalue weighted by Crippen LogP contribution is 2.15. The number of aromatic nitrogens is 1. The molecule has 0 fully saturated rings. The standard InChI is InChI=1S/C25H35NO/c1-2-3-4-5-6-7-8-9-10-13-22-27-25-19-16-23(17-20-25)15-18-24-14-11-12-21-26-24/h11-12,14-21H,2-10,13,22H2,1H3/b18-15+. The number of nitrogens with zero attached hydrogens (tertiary/aromatic N) is 1. The first-order valence-electron chi connectivity index (χ1n) is 10.7. The number of ether oxygens (including phenoxy) is 1. The average molecular weight is 366 g/mol. The first kappa shape index (κ1) is 21.2. The zero-order chi connectivity index (χ0) is 19.0. The maximum Gasteiger partial charge on any atom is 0.119 e. The summed E-state index contributed by atoms with van der Waals surface area (Å²) in [6.45, 7) is 3.09. The fraction of sp³-hybridized carbons (Fsp3) is 0.480. The fourth-order valence-electron chi connectivity index (χ4n) is 3.11. The molecule has 0 bridgehead atoms. The highest BCUT2D eigenvalue weighted by molar-refractivity contribution is 5.68. The average Bonchev–Trinajstić information content (AvgIpc) is 2.72. The van der Waals surface area contributed by atoms with Crippen molar-refractivity contribution in [3.63, 3.8) is 0 Å². The zero-order valence-electron chi connectivity index (χ0n) is 16.9. The highest BCUT2D eigenvalue weighted by Gasteiger charge is 1.96. The molecule has 2 nitrogen and oxygen atoms in total. The Bertz CT molecular complexity index is 619. The maximum atomic E-state index is 5.86. The second kappa shape index (κ2) is 14.0. The van der Waals surface area contributed by atoms with Crippen LogP contribution in [0.1, 0.15) is 82.4 Å². The van der Waals surface area contributed by atoms with Gasteiger partial charge < -0.3 is 4.74 Å². The lowest BCUT2D eigenvalue weighted by Crippen LogP contribution is -1.97. The van der Waals surface area contributed by atoms with Crippen LogP contribution in [0.15, 0.2) is 48.7 Å². The van der Waals surface area contributed by atoms with E-state index in [1.165, 1.54) is 57.8 Å². The Labute approximate surface area is 165 Å². The molecule has 1 aromatic carbocycles. The molecule has 1 heterocycles. The van der Waals surface area contributed by atoms with Crippen LogP contribution in [0.5, 0.6) is 5.75 Å². The molecule has 27 heavy (non-hydrogen) atoms. The number of benzene rings is 1. The Morgan fingerprint density at radius 2 is 1.41 bits per heavy atom. The van der Waals surface area contributed by atoms with Crippen LogP contribution < -0.4 is 4.74 Å². The van der Waals surface area contributed by atoms with Crippen molar-refractivity contribution >= 4 is 12.2 Å². The molecule has 0 unspecified atom stereocenters. The van der Waals surface area contributed by atoms with Crippen LogP contribution in [0, 0.1) is 0 Å². The van der Waals surface area contributed by atoms with E-state index in [0.29, 0.717) is 0 Å². The third-order valence-corrected chi connectivity index (χ3v) is 4.78. The summed E-state index contributed by atoms with van der Waals surface area (Å²) >= 11 is 0. The van der Waals surface area contributed by atoms with Gasteiger partial charge in [-0.15, -0.1) is 0 Å². The van der Waals surface area contributed by atoms with Crippen molar-refractivity contribution in [2.45, 2.75) is 71.1 Å². The number of rotatable bonds is 14. The number of hydrogen-bond donors (Lipinski definition) is 0. The first-order valence-corrected chi connectivity index (χ1v) is 10.7. The molecule has 2 rings (SSSR count). The molecule has 2 heteroatoms. The lowest BCUT2D eigenvalue weighted by Gasteiger charge is -2.06. The van der Waals surface area contributed by atoms with Crippen LogP contribution in [0.4, 0.5) is 0 Å². The molecule has 0 saturated carbocycles. The molecule has 146 valence electrons. The quantitative estimate of drug-likeness (QED) is 0.322. The van der Waals surface area contributed by atoms with E-state index in [0.717, 1.165) is 30.0 Å². The molecule has 0 saturated heterocycles. The summed E-state index contributed by atoms with van der Waals surface area (Å²) in [5, 5.41) is 0. The molecule has 0 N–H and O–H groups in total. The largest absolute Gasteiger partial charge is 0.494 e. The van der Waals surface area contributed by atoms with Crippen molar-refractivity contribution in [3.8, 4) is 5.75 Å². The summed E-state index contributed by atoms with van der Waals surface area (Å²) in [5.41, 5.74) is 2.13. The van der Waals surface area contributed by atoms with Gasteiger partial charge in [-0.3, -0.25) is 4.98 Å². The van der Waals surface area contributed by atoms with E-state index in [4.69, 9.17) is 4.74 Å². The van der Waals surface area contributed by atoms with Crippen LogP contribution >= 0.6 is 0 Å². The van der Waals surface area contributed by atoms with E-state index < -0.39 is 0 Å². The maximum absolute atomic E-state index is 5.86. The van der Waals surface area contributed by atoms with Gasteiger partial charge in [-0.1, -0.05) is 89.0 Å². The molecule has 0 aliphatic heterocycles. The van der Waals surface area contributed by atoms with Gasteiger partial charge in [0.2, 0.25) is 0 Å². The molecule has 0 radical (unpaired) electrons.